The van der Waals surface area contributed by atoms with Crippen molar-refractivity contribution < 1.29 is 18.7 Å². The van der Waals surface area contributed by atoms with Gasteiger partial charge in [-0.2, -0.15) is 0 Å². The second-order valence-corrected chi connectivity index (χ2v) is 6.58. The Morgan fingerprint density at radius 3 is 2.42 bits per heavy atom. The number of hydrogen-bond donors (Lipinski definition) is 1. The summed E-state index contributed by atoms with van der Waals surface area (Å²) in [5.74, 6) is -1.16. The molecule has 3 aromatic rings. The first-order valence-corrected chi connectivity index (χ1v) is 8.77. The van der Waals surface area contributed by atoms with Crippen LogP contribution in [0.2, 0.25) is 0 Å². The van der Waals surface area contributed by atoms with Crippen LogP contribution in [0.15, 0.2) is 66.7 Å². The first-order valence-electron chi connectivity index (χ1n) is 7.95. The van der Waals surface area contributed by atoms with Crippen molar-refractivity contribution in [3.05, 3.63) is 83.0 Å². The van der Waals surface area contributed by atoms with E-state index >= 15 is 0 Å². The van der Waals surface area contributed by atoms with E-state index in [2.05, 4.69) is 5.32 Å². The number of ether oxygens (including phenoxy) is 1. The summed E-state index contributed by atoms with van der Waals surface area (Å²) in [6.07, 6.45) is 0. The van der Waals surface area contributed by atoms with Crippen molar-refractivity contribution in [2.24, 2.45) is 0 Å². The number of carbonyl (C=O) groups excluding carboxylic acids is 2. The average molecular weight is 369 g/mol. The lowest BCUT2D eigenvalue weighted by Gasteiger charge is -2.06. The number of thiophene rings is 1. The van der Waals surface area contributed by atoms with Gasteiger partial charge in [0.25, 0.3) is 5.91 Å². The number of benzene rings is 2. The molecule has 0 saturated heterocycles. The molecule has 2 aromatic carbocycles. The van der Waals surface area contributed by atoms with Gasteiger partial charge < -0.3 is 10.1 Å². The maximum absolute atomic E-state index is 13.0. The SMILES string of the molecule is O=C(CNC(=O)c1ccc(-c2ccc(F)cc2)s1)OCc1ccccc1. The number of carbonyl (C=O) groups is 2. The second kappa shape index (κ2) is 8.40. The van der Waals surface area contributed by atoms with E-state index in [4.69, 9.17) is 4.74 Å². The van der Waals surface area contributed by atoms with Gasteiger partial charge >= 0.3 is 5.97 Å². The molecule has 0 radical (unpaired) electrons. The summed E-state index contributed by atoms with van der Waals surface area (Å²) < 4.78 is 18.1. The van der Waals surface area contributed by atoms with E-state index in [1.54, 1.807) is 24.3 Å². The molecule has 0 bridgehead atoms. The Hall–Kier alpha value is -2.99. The molecule has 4 nitrogen and oxygen atoms in total. The summed E-state index contributed by atoms with van der Waals surface area (Å²) in [5, 5.41) is 2.55. The number of esters is 1. The van der Waals surface area contributed by atoms with Gasteiger partial charge in [0.15, 0.2) is 0 Å². The lowest BCUT2D eigenvalue weighted by Crippen LogP contribution is -2.30. The Kier molecular flexibility index (Phi) is 5.76. The van der Waals surface area contributed by atoms with Crippen LogP contribution in [0.4, 0.5) is 4.39 Å². The zero-order chi connectivity index (χ0) is 18.4. The average Bonchev–Trinajstić information content (AvgIpc) is 3.16. The van der Waals surface area contributed by atoms with E-state index in [-0.39, 0.29) is 24.9 Å². The van der Waals surface area contributed by atoms with Gasteiger partial charge in [-0.1, -0.05) is 42.5 Å². The van der Waals surface area contributed by atoms with Crippen LogP contribution in [-0.4, -0.2) is 18.4 Å². The summed E-state index contributed by atoms with van der Waals surface area (Å²) >= 11 is 1.28. The number of rotatable bonds is 6. The summed E-state index contributed by atoms with van der Waals surface area (Å²) in [4.78, 5) is 25.2. The van der Waals surface area contributed by atoms with Gasteiger partial charge in [0.1, 0.15) is 19.0 Å². The maximum atomic E-state index is 13.0. The Balaban J connectivity index is 1.50. The normalized spacial score (nSPS) is 10.3. The second-order valence-electron chi connectivity index (χ2n) is 5.50. The summed E-state index contributed by atoms with van der Waals surface area (Å²) in [7, 11) is 0. The zero-order valence-corrected chi connectivity index (χ0v) is 14.6. The molecule has 0 aliphatic heterocycles. The lowest BCUT2D eigenvalue weighted by molar-refractivity contribution is -0.143. The first-order chi connectivity index (χ1) is 12.6. The monoisotopic (exact) mass is 369 g/mol. The topological polar surface area (TPSA) is 55.4 Å². The third-order valence-electron chi connectivity index (χ3n) is 3.59. The highest BCUT2D eigenvalue weighted by Crippen LogP contribution is 2.28. The number of nitrogens with one attached hydrogen (secondary N) is 1. The fraction of sp³-hybridized carbons (Fsp3) is 0.100. The lowest BCUT2D eigenvalue weighted by atomic mass is 10.2. The van der Waals surface area contributed by atoms with E-state index in [0.29, 0.717) is 4.88 Å². The smallest absolute Gasteiger partial charge is 0.325 e. The van der Waals surface area contributed by atoms with E-state index in [1.807, 2.05) is 30.3 Å². The number of hydrogen-bond acceptors (Lipinski definition) is 4. The molecule has 0 atom stereocenters. The first kappa shape index (κ1) is 17.8. The van der Waals surface area contributed by atoms with Gasteiger partial charge in [0.05, 0.1) is 4.88 Å². The van der Waals surface area contributed by atoms with Crippen LogP contribution in [0.5, 0.6) is 0 Å². The molecule has 26 heavy (non-hydrogen) atoms. The van der Waals surface area contributed by atoms with Crippen LogP contribution in [0.1, 0.15) is 15.2 Å². The van der Waals surface area contributed by atoms with Crippen molar-refractivity contribution >= 4 is 23.2 Å². The van der Waals surface area contributed by atoms with Crippen LogP contribution >= 0.6 is 11.3 Å². The number of amides is 1. The highest BCUT2D eigenvalue weighted by Gasteiger charge is 2.12. The van der Waals surface area contributed by atoms with Crippen molar-refractivity contribution in [3.8, 4) is 10.4 Å². The molecule has 0 unspecified atom stereocenters. The molecule has 0 aliphatic carbocycles. The van der Waals surface area contributed by atoms with Crippen LogP contribution in [-0.2, 0) is 16.1 Å². The molecule has 0 aliphatic rings. The zero-order valence-electron chi connectivity index (χ0n) is 13.8. The van der Waals surface area contributed by atoms with Crippen LogP contribution < -0.4 is 5.32 Å². The maximum Gasteiger partial charge on any atom is 0.325 e. The van der Waals surface area contributed by atoms with Gasteiger partial charge in [0.2, 0.25) is 0 Å². The van der Waals surface area contributed by atoms with Crippen molar-refractivity contribution in [1.82, 2.24) is 5.32 Å². The van der Waals surface area contributed by atoms with Gasteiger partial charge in [-0.05, 0) is 35.4 Å². The van der Waals surface area contributed by atoms with Crippen molar-refractivity contribution in [2.45, 2.75) is 6.61 Å². The van der Waals surface area contributed by atoms with E-state index < -0.39 is 5.97 Å². The summed E-state index contributed by atoms with van der Waals surface area (Å²) in [6, 6.07) is 18.8. The van der Waals surface area contributed by atoms with Crippen molar-refractivity contribution in [1.29, 1.82) is 0 Å². The summed E-state index contributed by atoms with van der Waals surface area (Å²) in [5.41, 5.74) is 1.71. The van der Waals surface area contributed by atoms with Gasteiger partial charge in [-0.3, -0.25) is 9.59 Å². The highest BCUT2D eigenvalue weighted by atomic mass is 32.1. The molecule has 0 saturated carbocycles. The highest BCUT2D eigenvalue weighted by molar-refractivity contribution is 7.17. The molecule has 0 spiro atoms. The summed E-state index contributed by atoms with van der Waals surface area (Å²) in [6.45, 7) is -0.0291. The molecule has 3 rings (SSSR count). The molecule has 0 fully saturated rings. The molecule has 1 aromatic heterocycles. The Labute approximate surface area is 154 Å². The van der Waals surface area contributed by atoms with Crippen LogP contribution in [0.25, 0.3) is 10.4 Å². The minimum atomic E-state index is -0.502. The molecular weight excluding hydrogens is 353 g/mol. The van der Waals surface area contributed by atoms with Crippen molar-refractivity contribution in [3.63, 3.8) is 0 Å². The molecule has 6 heteroatoms. The van der Waals surface area contributed by atoms with E-state index in [9.17, 15) is 14.0 Å². The van der Waals surface area contributed by atoms with Gasteiger partial charge in [-0.15, -0.1) is 11.3 Å². The molecule has 1 amide bonds. The Morgan fingerprint density at radius 1 is 0.962 bits per heavy atom. The molecule has 132 valence electrons. The Bertz CT molecular complexity index is 891. The van der Waals surface area contributed by atoms with Gasteiger partial charge in [-0.25, -0.2) is 4.39 Å². The minimum Gasteiger partial charge on any atom is -0.460 e. The van der Waals surface area contributed by atoms with Crippen LogP contribution in [0, 0.1) is 5.82 Å². The van der Waals surface area contributed by atoms with Crippen molar-refractivity contribution in [2.75, 3.05) is 6.54 Å². The van der Waals surface area contributed by atoms with E-state index in [1.165, 1.54) is 23.5 Å². The molecular formula is C20H16FNO3S. The molecule has 1 N–H and O–H groups in total. The quantitative estimate of drug-likeness (QED) is 0.668. The Morgan fingerprint density at radius 2 is 1.69 bits per heavy atom. The predicted octanol–water partition coefficient (Wildman–Crippen LogP) is 4.03. The third-order valence-corrected chi connectivity index (χ3v) is 4.73. The molecule has 1 heterocycles. The van der Waals surface area contributed by atoms with Gasteiger partial charge in [0, 0.05) is 4.88 Å². The number of halogens is 1. The fourth-order valence-corrected chi connectivity index (χ4v) is 3.19. The standard InChI is InChI=1S/C20H16FNO3S/c21-16-8-6-15(7-9-16)17-10-11-18(26-17)20(24)22-12-19(23)25-13-14-4-2-1-3-5-14/h1-11H,12-13H2,(H,22,24). The third kappa shape index (κ3) is 4.77. The minimum absolute atomic E-state index is 0.170. The largest absolute Gasteiger partial charge is 0.460 e. The van der Waals surface area contributed by atoms with Crippen LogP contribution in [0.3, 0.4) is 0 Å². The fourth-order valence-electron chi connectivity index (χ4n) is 2.26. The predicted molar refractivity (Wildman–Crippen MR) is 98.3 cm³/mol. The van der Waals surface area contributed by atoms with E-state index in [0.717, 1.165) is 16.0 Å².